The molecule has 0 saturated carbocycles. The molecule has 0 unspecified atom stereocenters. The molecule has 12 amide bonds. The normalized spacial score (nSPS) is 17.9. The molecule has 12 N–H and O–H groups in total. The first kappa shape index (κ1) is 124. The SMILES string of the molecule is CC(C)S(=O)(=O)NC1CCN(C(=O)Nc2ccc(N3C[C@@H](C)O[C@@H](C)C3)cc2)CC1.CC(C)S(=O)(=O)NC1CCN(C(=O)Nc2ccccc2)CC1.CC(C)c1ccc(NC(=O)N2CCC(NS(=O)(=O)C(C)C)CC2)cc1.CCCc1ccc(NC(=O)N2CCC(NS(=O)(=O)C(C)C)CC2)cc1.CCc1ccc(NC(=O)N2CCC(NS(=O)(=O)C(C)C)CC2)cc1.Cc1ccc(NC(=O)N2CCC(NS(=O)(=O)C(C)C)CC2)cc1. The summed E-state index contributed by atoms with van der Waals surface area (Å²) < 4.78 is 165. The van der Waals surface area contributed by atoms with Crippen LogP contribution in [0.5, 0.6) is 0 Å². The number of nitrogens with zero attached hydrogens (tertiary/aromatic N) is 7. The van der Waals surface area contributed by atoms with Gasteiger partial charge in [0.05, 0.1) is 43.7 Å². The van der Waals surface area contributed by atoms with Gasteiger partial charge in [0.15, 0.2) is 0 Å². The van der Waals surface area contributed by atoms with Crippen LogP contribution in [0.3, 0.4) is 0 Å². The van der Waals surface area contributed by atoms with E-state index in [0.29, 0.717) is 162 Å². The topological polar surface area (TPSA) is 484 Å². The van der Waals surface area contributed by atoms with Crippen LogP contribution in [0.2, 0.25) is 0 Å². The summed E-state index contributed by atoms with van der Waals surface area (Å²) in [5, 5.41) is 14.7. The van der Waals surface area contributed by atoms with Gasteiger partial charge >= 0.3 is 36.2 Å². The predicted octanol–water partition coefficient (Wildman–Crippen LogP) is 15.6. The number of carbonyl (C=O) groups excluding carboxylic acids is 6. The lowest BCUT2D eigenvalue weighted by Gasteiger charge is -2.37. The van der Waals surface area contributed by atoms with Gasteiger partial charge in [-0.05, 0) is 301 Å². The molecule has 7 saturated heterocycles. The number of morpholine rings is 1. The number of aryl methyl sites for hydroxylation is 3. The predicted molar refractivity (Wildman–Crippen MR) is 598 cm³/mol. The number of urea groups is 6. The molecule has 0 bridgehead atoms. The molecule has 832 valence electrons. The van der Waals surface area contributed by atoms with Gasteiger partial charge in [0.2, 0.25) is 60.1 Å². The monoisotopic (exact) mass is 2190 g/mol. The lowest BCUT2D eigenvalue weighted by atomic mass is 10.0. The van der Waals surface area contributed by atoms with Crippen molar-refractivity contribution in [1.82, 2.24) is 57.7 Å². The summed E-state index contributed by atoms with van der Waals surface area (Å²) in [5.41, 5.74) is 10.6. The maximum atomic E-state index is 12.6. The van der Waals surface area contributed by atoms with Gasteiger partial charge in [-0.15, -0.1) is 0 Å². The zero-order valence-corrected chi connectivity index (χ0v) is 95.3. The van der Waals surface area contributed by atoms with E-state index in [1.54, 1.807) is 112 Å². The van der Waals surface area contributed by atoms with E-state index in [1.807, 2.05) is 159 Å². The largest absolute Gasteiger partial charge is 0.372 e. The molecule has 13 rings (SSSR count). The number of amides is 12. The van der Waals surface area contributed by atoms with Crippen LogP contribution in [0.25, 0.3) is 0 Å². The molecule has 0 aromatic heterocycles. The number of carbonyl (C=O) groups is 6. The number of hydrogen-bond acceptors (Lipinski definition) is 20. The van der Waals surface area contributed by atoms with E-state index in [1.165, 1.54) is 16.7 Å². The third kappa shape index (κ3) is 41.9. The minimum Gasteiger partial charge on any atom is -0.372 e. The van der Waals surface area contributed by atoms with Gasteiger partial charge in [-0.25, -0.2) is 108 Å². The van der Waals surface area contributed by atoms with Crippen molar-refractivity contribution in [3.8, 4) is 0 Å². The Labute approximate surface area is 887 Å². The summed E-state index contributed by atoms with van der Waals surface area (Å²) in [7, 11) is -19.6. The maximum absolute atomic E-state index is 12.6. The van der Waals surface area contributed by atoms with E-state index in [4.69, 9.17) is 4.74 Å². The second-order valence-electron chi connectivity index (χ2n) is 41.1. The van der Waals surface area contributed by atoms with Gasteiger partial charge < -0.3 is 70.9 Å². The van der Waals surface area contributed by atoms with Crippen molar-refractivity contribution in [2.75, 3.05) is 128 Å². The Hall–Kier alpha value is -9.84. The number of benzene rings is 6. The van der Waals surface area contributed by atoms with Crippen LogP contribution in [0.4, 0.5) is 68.6 Å². The number of likely N-dealkylation sites (tertiary alicyclic amines) is 6. The quantitative estimate of drug-likeness (QED) is 0.0207. The maximum Gasteiger partial charge on any atom is 0.321 e. The number of anilines is 7. The van der Waals surface area contributed by atoms with Crippen LogP contribution in [-0.4, -0.2) is 288 Å². The van der Waals surface area contributed by atoms with Gasteiger partial charge in [0, 0.05) is 168 Å². The Balaban J connectivity index is 0.000000218. The molecule has 2 atom stereocenters. The molecule has 7 aliphatic rings. The van der Waals surface area contributed by atoms with Gasteiger partial charge in [0.25, 0.3) is 0 Å². The minimum atomic E-state index is -3.29. The first-order valence-corrected chi connectivity index (χ1v) is 61.7. The second-order valence-corrected chi connectivity index (χ2v) is 54.7. The van der Waals surface area contributed by atoms with Crippen molar-refractivity contribution in [2.24, 2.45) is 0 Å². The van der Waals surface area contributed by atoms with Crippen LogP contribution in [-0.2, 0) is 77.7 Å². The molecule has 7 fully saturated rings. The number of ether oxygens (including phenoxy) is 1. The molecule has 0 radical (unpaired) electrons. The number of sulfonamides is 6. The Morgan fingerprint density at radius 1 is 0.289 bits per heavy atom. The fraction of sp³-hybridized carbons (Fsp3) is 0.600. The first-order chi connectivity index (χ1) is 70.1. The van der Waals surface area contributed by atoms with Crippen LogP contribution in [0.1, 0.15) is 236 Å². The van der Waals surface area contributed by atoms with Crippen LogP contribution in [0.15, 0.2) is 152 Å². The van der Waals surface area contributed by atoms with Crippen molar-refractivity contribution in [3.63, 3.8) is 0 Å². The highest BCUT2D eigenvalue weighted by atomic mass is 32.2. The first-order valence-electron chi connectivity index (χ1n) is 52.4. The number of hydrogen-bond donors (Lipinski definition) is 12. The van der Waals surface area contributed by atoms with Gasteiger partial charge in [-0.3, -0.25) is 0 Å². The lowest BCUT2D eigenvalue weighted by Crippen LogP contribution is -2.48. The Bertz CT molecular complexity index is 5890. The highest BCUT2D eigenvalue weighted by Crippen LogP contribution is 2.28. The molecule has 6 aromatic rings. The molecule has 0 aliphatic carbocycles. The summed E-state index contributed by atoms with van der Waals surface area (Å²) in [5.74, 6) is 0.457. The third-order valence-corrected chi connectivity index (χ3v) is 38.2. The molecule has 149 heavy (non-hydrogen) atoms. The van der Waals surface area contributed by atoms with Crippen LogP contribution in [0, 0.1) is 6.92 Å². The minimum absolute atomic E-state index is 0.0897. The smallest absolute Gasteiger partial charge is 0.321 e. The fourth-order valence-electron chi connectivity index (χ4n) is 16.7. The van der Waals surface area contributed by atoms with Crippen molar-refractivity contribution >= 4 is 136 Å². The van der Waals surface area contributed by atoms with Crippen LogP contribution < -0.4 is 65.1 Å². The van der Waals surface area contributed by atoms with Crippen molar-refractivity contribution in [2.45, 2.75) is 314 Å². The lowest BCUT2D eigenvalue weighted by molar-refractivity contribution is -0.00523. The van der Waals surface area contributed by atoms with Crippen molar-refractivity contribution < 1.29 is 84.0 Å². The highest BCUT2D eigenvalue weighted by Gasteiger charge is 2.36. The number of para-hydroxylation sites is 1. The molecular formula is C105H167N19O19S6. The average Bonchev–Trinajstić information content (AvgIpc) is 0.880. The second kappa shape index (κ2) is 58.8. The van der Waals surface area contributed by atoms with Crippen LogP contribution >= 0.6 is 0 Å². The third-order valence-electron chi connectivity index (χ3n) is 26.8. The molecular weight excluding hydrogens is 2020 g/mol. The molecule has 7 aliphatic heterocycles. The number of rotatable bonds is 29. The van der Waals surface area contributed by atoms with E-state index in [0.717, 1.165) is 77.7 Å². The number of piperidine rings is 6. The molecule has 38 nitrogen and oxygen atoms in total. The highest BCUT2D eigenvalue weighted by molar-refractivity contribution is 7.91. The molecule has 6 aromatic carbocycles. The van der Waals surface area contributed by atoms with E-state index < -0.39 is 91.6 Å². The zero-order chi connectivity index (χ0) is 110. The Kier molecular flexibility index (Phi) is 49.1. The summed E-state index contributed by atoms with van der Waals surface area (Å²) in [4.78, 5) is 86.6. The molecule has 7 heterocycles. The van der Waals surface area contributed by atoms with E-state index in [2.05, 4.69) is 107 Å². The summed E-state index contributed by atoms with van der Waals surface area (Å²) in [6, 6.07) is 47.0. The van der Waals surface area contributed by atoms with E-state index in [9.17, 15) is 79.3 Å². The van der Waals surface area contributed by atoms with Gasteiger partial charge in [-0.1, -0.05) is 106 Å². The average molecular weight is 2190 g/mol. The zero-order valence-electron chi connectivity index (χ0n) is 90.4. The van der Waals surface area contributed by atoms with Crippen molar-refractivity contribution in [1.29, 1.82) is 0 Å². The summed E-state index contributed by atoms with van der Waals surface area (Å²) >= 11 is 0. The van der Waals surface area contributed by atoms with E-state index >= 15 is 0 Å². The molecule has 44 heteroatoms. The fourth-order valence-corrected chi connectivity index (χ4v) is 22.6. The number of nitrogens with one attached hydrogen (secondary N) is 12. The standard InChI is InChI=1S/C21H34N4O4S.2C18H29N3O3S.C17H27N3O3S.C16H25N3O3S.C15H23N3O3S/c1-15(2)30(27,28)23-19-9-11-24(12-10-19)21(26)22-18-5-7-20(8-6-18)25-13-16(3)29-17(4)14-25;1-13(2)15-5-7-16(8-6-15)19-18(22)21-11-9-17(10-12-21)20-25(23,24)14(3)4;1-4-5-15-6-8-16(9-7-15)19-18(22)21-12-10-17(11-13-21)20-25(23,24)14(2)3;1-4-14-5-7-15(8-6-14)18-17(21)20-11-9-16(10-12-20)19-24(22,23)13(2)3;1-12(2)23(21,22)18-15-8-10-19(11-9-15)16(20)17-14-6-4-13(3)5-7-14;1-12(2)22(20,21)17-14-8-10-18(11-9-14)15(19)16-13-6-4-3-5-7-13/h5-8,15-17,19,23H,9-14H2,1-4H3,(H,22,26);5-8,13-14,17,20H,9-12H2,1-4H3,(H,19,22);6-9,14,17,20H,4-5,10-13H2,1-3H3,(H,19,22);5-8,13,16,19H,4,9-12H2,1-3H3,(H,18,21);4-7,12,15,18H,8-11H2,1-3H3,(H,17,20);3-7,12,14,17H,8-11H2,1-2H3,(H,16,19)/t16-,17+;;;;;. The van der Waals surface area contributed by atoms with Gasteiger partial charge in [-0.2, -0.15) is 0 Å². The van der Waals surface area contributed by atoms with Gasteiger partial charge in [0.1, 0.15) is 0 Å². The van der Waals surface area contributed by atoms with Crippen molar-refractivity contribution in [3.05, 3.63) is 174 Å². The Morgan fingerprint density at radius 3 is 0.711 bits per heavy atom. The summed E-state index contributed by atoms with van der Waals surface area (Å²) in [6.45, 7) is 42.8. The summed E-state index contributed by atoms with van der Waals surface area (Å²) in [6.07, 6.45) is 11.1. The molecule has 0 spiro atoms. The Morgan fingerprint density at radius 2 is 0.497 bits per heavy atom. The van der Waals surface area contributed by atoms with E-state index in [-0.39, 0.29) is 84.6 Å².